The quantitative estimate of drug-likeness (QED) is 0.857. The van der Waals surface area contributed by atoms with Crippen LogP contribution in [0.5, 0.6) is 0 Å². The molecule has 0 radical (unpaired) electrons. The second kappa shape index (κ2) is 4.00. The average Bonchev–Trinajstić information content (AvgIpc) is 2.94. The van der Waals surface area contributed by atoms with Gasteiger partial charge in [-0.05, 0) is 13.0 Å². The van der Waals surface area contributed by atoms with E-state index in [-0.39, 0.29) is 6.04 Å². The maximum Gasteiger partial charge on any atom is 0.167 e. The molecule has 0 fully saturated rings. The normalized spacial score (nSPS) is 19.3. The first-order chi connectivity index (χ1) is 8.31. The Kier molecular flexibility index (Phi) is 2.48. The lowest BCUT2D eigenvalue weighted by Crippen LogP contribution is -2.32. The zero-order chi connectivity index (χ0) is 11.8. The topological polar surface area (TPSA) is 55.9 Å². The van der Waals surface area contributed by atoms with Crippen molar-refractivity contribution in [2.45, 2.75) is 32.9 Å². The number of nitrogens with one attached hydrogen (secondary N) is 1. The molecule has 0 saturated carbocycles. The van der Waals surface area contributed by atoms with Crippen molar-refractivity contribution in [2.75, 3.05) is 6.54 Å². The fraction of sp³-hybridized carbons (Fsp3) is 0.500. The van der Waals surface area contributed by atoms with E-state index in [1.54, 1.807) is 6.26 Å². The van der Waals surface area contributed by atoms with Crippen LogP contribution in [-0.4, -0.2) is 21.3 Å². The molecule has 2 aromatic rings. The monoisotopic (exact) mass is 232 g/mol. The molecule has 5 nitrogen and oxygen atoms in total. The molecule has 1 aliphatic rings. The zero-order valence-corrected chi connectivity index (χ0v) is 10.1. The van der Waals surface area contributed by atoms with Crippen LogP contribution in [0.25, 0.3) is 11.4 Å². The number of hydrogen-bond donors (Lipinski definition) is 1. The van der Waals surface area contributed by atoms with Crippen molar-refractivity contribution in [3.05, 3.63) is 23.9 Å². The number of aryl methyl sites for hydroxylation is 1. The van der Waals surface area contributed by atoms with Crippen LogP contribution < -0.4 is 5.32 Å². The molecular formula is C12H16N4O. The fourth-order valence-electron chi connectivity index (χ4n) is 2.35. The van der Waals surface area contributed by atoms with Crippen molar-refractivity contribution in [1.29, 1.82) is 0 Å². The average molecular weight is 232 g/mol. The van der Waals surface area contributed by atoms with E-state index in [1.807, 2.05) is 6.07 Å². The van der Waals surface area contributed by atoms with E-state index in [9.17, 15) is 0 Å². The van der Waals surface area contributed by atoms with Crippen molar-refractivity contribution >= 4 is 0 Å². The van der Waals surface area contributed by atoms with Crippen LogP contribution in [0.15, 0.2) is 16.7 Å². The van der Waals surface area contributed by atoms with Crippen LogP contribution in [0.4, 0.5) is 0 Å². The molecule has 0 amide bonds. The van der Waals surface area contributed by atoms with Gasteiger partial charge in [0.25, 0.3) is 0 Å². The van der Waals surface area contributed by atoms with Gasteiger partial charge in [0.05, 0.1) is 17.9 Å². The molecule has 0 aromatic carbocycles. The Labute approximate surface area is 99.8 Å². The summed E-state index contributed by atoms with van der Waals surface area (Å²) in [5.41, 5.74) is 1.07. The number of hydrogen-bond acceptors (Lipinski definition) is 4. The first-order valence-electron chi connectivity index (χ1n) is 6.04. The van der Waals surface area contributed by atoms with Gasteiger partial charge in [0.1, 0.15) is 11.6 Å². The third-order valence-corrected chi connectivity index (χ3v) is 3.26. The Morgan fingerprint density at radius 1 is 1.53 bits per heavy atom. The lowest BCUT2D eigenvalue weighted by molar-refractivity contribution is 0.438. The minimum Gasteiger partial charge on any atom is -0.469 e. The minimum atomic E-state index is 0.266. The predicted octanol–water partition coefficient (Wildman–Crippen LogP) is 1.76. The number of fused-ring (bicyclic) bond motifs is 1. The number of aromatic nitrogens is 3. The van der Waals surface area contributed by atoms with Gasteiger partial charge in [0.2, 0.25) is 0 Å². The van der Waals surface area contributed by atoms with Crippen molar-refractivity contribution in [3.8, 4) is 11.4 Å². The van der Waals surface area contributed by atoms with Gasteiger partial charge in [-0.3, -0.25) is 0 Å². The number of rotatable bonds is 2. The molecule has 1 N–H and O–H groups in total. The summed E-state index contributed by atoms with van der Waals surface area (Å²) in [5, 5.41) is 12.0. The Hall–Kier alpha value is -1.62. The van der Waals surface area contributed by atoms with Crippen molar-refractivity contribution in [3.63, 3.8) is 0 Å². The molecule has 3 rings (SSSR count). The van der Waals surface area contributed by atoms with E-state index in [1.165, 1.54) is 0 Å². The van der Waals surface area contributed by atoms with E-state index in [2.05, 4.69) is 33.9 Å². The second-order valence-electron chi connectivity index (χ2n) is 4.32. The third kappa shape index (κ3) is 1.58. The molecule has 17 heavy (non-hydrogen) atoms. The minimum absolute atomic E-state index is 0.266. The standard InChI is InChI=1S/C12H16N4O/c1-3-10-9(4-7-17-10)12-15-14-11-8(2)13-5-6-16(11)12/h4,7-8,13H,3,5-6H2,1-2H3. The Bertz CT molecular complexity index is 528. The summed E-state index contributed by atoms with van der Waals surface area (Å²) < 4.78 is 7.64. The van der Waals surface area contributed by atoms with E-state index in [0.717, 1.165) is 42.5 Å². The lowest BCUT2D eigenvalue weighted by Gasteiger charge is -2.21. The van der Waals surface area contributed by atoms with Crippen LogP contribution in [0.1, 0.15) is 31.5 Å². The summed E-state index contributed by atoms with van der Waals surface area (Å²) in [4.78, 5) is 0. The van der Waals surface area contributed by atoms with Gasteiger partial charge >= 0.3 is 0 Å². The van der Waals surface area contributed by atoms with Gasteiger partial charge in [-0.15, -0.1) is 10.2 Å². The SMILES string of the molecule is CCc1occc1-c1nnc2n1CCNC2C. The smallest absolute Gasteiger partial charge is 0.167 e. The summed E-state index contributed by atoms with van der Waals surface area (Å²) >= 11 is 0. The van der Waals surface area contributed by atoms with Crippen LogP contribution in [0.2, 0.25) is 0 Å². The maximum absolute atomic E-state index is 5.46. The van der Waals surface area contributed by atoms with Gasteiger partial charge in [-0.2, -0.15) is 0 Å². The van der Waals surface area contributed by atoms with Crippen molar-refractivity contribution in [2.24, 2.45) is 0 Å². The second-order valence-corrected chi connectivity index (χ2v) is 4.32. The lowest BCUT2D eigenvalue weighted by atomic mass is 10.2. The summed E-state index contributed by atoms with van der Waals surface area (Å²) in [6.07, 6.45) is 2.60. The highest BCUT2D eigenvalue weighted by Crippen LogP contribution is 2.27. The highest BCUT2D eigenvalue weighted by molar-refractivity contribution is 5.58. The molecule has 1 unspecified atom stereocenters. The van der Waals surface area contributed by atoms with Gasteiger partial charge in [0.15, 0.2) is 5.82 Å². The van der Waals surface area contributed by atoms with E-state index in [0.29, 0.717) is 0 Å². The Morgan fingerprint density at radius 3 is 3.24 bits per heavy atom. The van der Waals surface area contributed by atoms with Gasteiger partial charge < -0.3 is 14.3 Å². The molecule has 3 heterocycles. The molecule has 90 valence electrons. The molecule has 1 atom stereocenters. The summed E-state index contributed by atoms with van der Waals surface area (Å²) in [6, 6.07) is 2.24. The van der Waals surface area contributed by atoms with Gasteiger partial charge in [-0.25, -0.2) is 0 Å². The van der Waals surface area contributed by atoms with Crippen LogP contribution in [-0.2, 0) is 13.0 Å². The third-order valence-electron chi connectivity index (χ3n) is 3.26. The molecule has 0 spiro atoms. The number of furan rings is 1. The predicted molar refractivity (Wildman–Crippen MR) is 63.5 cm³/mol. The first kappa shape index (κ1) is 10.5. The molecule has 0 bridgehead atoms. The highest BCUT2D eigenvalue weighted by atomic mass is 16.3. The summed E-state index contributed by atoms with van der Waals surface area (Å²) in [6.45, 7) is 6.06. The van der Waals surface area contributed by atoms with Gasteiger partial charge in [0, 0.05) is 19.5 Å². The molecule has 1 aliphatic heterocycles. The van der Waals surface area contributed by atoms with Crippen LogP contribution >= 0.6 is 0 Å². The summed E-state index contributed by atoms with van der Waals surface area (Å²) in [7, 11) is 0. The van der Waals surface area contributed by atoms with Gasteiger partial charge in [-0.1, -0.05) is 6.92 Å². The van der Waals surface area contributed by atoms with E-state index >= 15 is 0 Å². The molecule has 2 aromatic heterocycles. The largest absolute Gasteiger partial charge is 0.469 e. The fourth-order valence-corrected chi connectivity index (χ4v) is 2.35. The van der Waals surface area contributed by atoms with Crippen molar-refractivity contribution < 1.29 is 4.42 Å². The van der Waals surface area contributed by atoms with E-state index < -0.39 is 0 Å². The Morgan fingerprint density at radius 2 is 2.41 bits per heavy atom. The maximum atomic E-state index is 5.46. The van der Waals surface area contributed by atoms with Crippen LogP contribution in [0.3, 0.4) is 0 Å². The van der Waals surface area contributed by atoms with Crippen molar-refractivity contribution in [1.82, 2.24) is 20.1 Å². The Balaban J connectivity index is 2.10. The molecule has 5 heteroatoms. The molecule has 0 saturated heterocycles. The molecule has 0 aliphatic carbocycles. The van der Waals surface area contributed by atoms with E-state index in [4.69, 9.17) is 4.42 Å². The summed E-state index contributed by atoms with van der Waals surface area (Å²) in [5.74, 6) is 2.92. The first-order valence-corrected chi connectivity index (χ1v) is 6.04. The molecular weight excluding hydrogens is 216 g/mol. The number of nitrogens with zero attached hydrogens (tertiary/aromatic N) is 3. The zero-order valence-electron chi connectivity index (χ0n) is 10.1. The highest BCUT2D eigenvalue weighted by Gasteiger charge is 2.23. The van der Waals surface area contributed by atoms with Crippen LogP contribution in [0, 0.1) is 0 Å².